The summed E-state index contributed by atoms with van der Waals surface area (Å²) in [5.74, 6) is -2.72. The summed E-state index contributed by atoms with van der Waals surface area (Å²) < 4.78 is 0. The lowest BCUT2D eigenvalue weighted by molar-refractivity contribution is -0.122. The van der Waals surface area contributed by atoms with Crippen molar-refractivity contribution in [3.05, 3.63) is 23.8 Å². The highest BCUT2D eigenvalue weighted by molar-refractivity contribution is 8.15. The van der Waals surface area contributed by atoms with Gasteiger partial charge in [-0.25, -0.2) is 4.79 Å². The van der Waals surface area contributed by atoms with E-state index in [1.54, 1.807) is 0 Å². The van der Waals surface area contributed by atoms with E-state index in [-0.39, 0.29) is 23.4 Å². The molecule has 1 heterocycles. The maximum atomic E-state index is 11.8. The first kappa shape index (κ1) is 14.9. The third kappa shape index (κ3) is 3.51. The molecule has 0 saturated carbocycles. The SMILES string of the molecule is O=C(C[C@H]1SC(=O)NC1=O)Nc1ccc(O)cc1C(=O)O. The van der Waals surface area contributed by atoms with Gasteiger partial charge < -0.3 is 15.5 Å². The van der Waals surface area contributed by atoms with E-state index in [1.807, 2.05) is 0 Å². The highest BCUT2D eigenvalue weighted by atomic mass is 32.2. The summed E-state index contributed by atoms with van der Waals surface area (Å²) in [5, 5.41) is 21.3. The molecule has 1 aliphatic heterocycles. The van der Waals surface area contributed by atoms with Gasteiger partial charge in [-0.15, -0.1) is 0 Å². The van der Waals surface area contributed by atoms with Crippen LogP contribution in [0.2, 0.25) is 0 Å². The Hall–Kier alpha value is -2.55. The molecule has 9 heteroatoms. The molecule has 0 radical (unpaired) electrons. The fourth-order valence-corrected chi connectivity index (χ4v) is 2.53. The molecule has 1 aliphatic rings. The standard InChI is InChI=1S/C12H10N2O6S/c15-5-1-2-7(6(3-5)11(18)19)13-9(16)4-8-10(17)14-12(20)21-8/h1-3,8,15H,4H2,(H,13,16)(H,18,19)(H,14,17,20)/t8-/m1/s1. The van der Waals surface area contributed by atoms with Gasteiger partial charge >= 0.3 is 5.97 Å². The molecule has 1 fully saturated rings. The van der Waals surface area contributed by atoms with Crippen LogP contribution in [-0.4, -0.2) is 38.5 Å². The van der Waals surface area contributed by atoms with Crippen molar-refractivity contribution in [2.45, 2.75) is 11.7 Å². The minimum Gasteiger partial charge on any atom is -0.508 e. The molecular weight excluding hydrogens is 300 g/mol. The Bertz CT molecular complexity index is 645. The van der Waals surface area contributed by atoms with E-state index in [2.05, 4.69) is 10.6 Å². The van der Waals surface area contributed by atoms with Gasteiger partial charge in [-0.05, 0) is 18.2 Å². The normalized spacial score (nSPS) is 17.4. The van der Waals surface area contributed by atoms with Crippen LogP contribution in [0.5, 0.6) is 5.75 Å². The van der Waals surface area contributed by atoms with Gasteiger partial charge in [0.15, 0.2) is 0 Å². The van der Waals surface area contributed by atoms with E-state index in [0.717, 1.165) is 6.07 Å². The summed E-state index contributed by atoms with van der Waals surface area (Å²) in [6, 6.07) is 3.46. The van der Waals surface area contributed by atoms with Crippen LogP contribution in [0.25, 0.3) is 0 Å². The van der Waals surface area contributed by atoms with Crippen molar-refractivity contribution in [3.63, 3.8) is 0 Å². The molecule has 21 heavy (non-hydrogen) atoms. The van der Waals surface area contributed by atoms with E-state index < -0.39 is 28.3 Å². The van der Waals surface area contributed by atoms with Gasteiger partial charge in [-0.1, -0.05) is 11.8 Å². The van der Waals surface area contributed by atoms with Crippen molar-refractivity contribution in [2.24, 2.45) is 0 Å². The molecule has 1 saturated heterocycles. The first-order valence-corrected chi connectivity index (χ1v) is 6.62. The van der Waals surface area contributed by atoms with E-state index in [0.29, 0.717) is 11.8 Å². The Kier molecular flexibility index (Phi) is 4.13. The van der Waals surface area contributed by atoms with Crippen molar-refractivity contribution >= 4 is 40.5 Å². The summed E-state index contributed by atoms with van der Waals surface area (Å²) >= 11 is 0.709. The molecule has 4 N–H and O–H groups in total. The predicted molar refractivity (Wildman–Crippen MR) is 73.2 cm³/mol. The molecule has 1 aromatic rings. The van der Waals surface area contributed by atoms with Crippen LogP contribution in [0.15, 0.2) is 18.2 Å². The van der Waals surface area contributed by atoms with Crippen LogP contribution in [0.3, 0.4) is 0 Å². The fraction of sp³-hybridized carbons (Fsp3) is 0.167. The van der Waals surface area contributed by atoms with E-state index in [4.69, 9.17) is 5.11 Å². The molecule has 0 aromatic heterocycles. The van der Waals surface area contributed by atoms with Gasteiger partial charge in [0.25, 0.3) is 5.24 Å². The number of aromatic carboxylic acids is 1. The van der Waals surface area contributed by atoms with Crippen LogP contribution in [0, 0.1) is 0 Å². The van der Waals surface area contributed by atoms with Crippen molar-refractivity contribution in [1.29, 1.82) is 0 Å². The number of amides is 3. The number of imide groups is 1. The van der Waals surface area contributed by atoms with Gasteiger partial charge in [-0.2, -0.15) is 0 Å². The second-order valence-electron chi connectivity index (χ2n) is 4.17. The van der Waals surface area contributed by atoms with Crippen molar-refractivity contribution in [3.8, 4) is 5.75 Å². The minimum absolute atomic E-state index is 0.0000293. The second kappa shape index (κ2) is 5.83. The first-order valence-electron chi connectivity index (χ1n) is 5.74. The lowest BCUT2D eigenvalue weighted by Crippen LogP contribution is -2.28. The monoisotopic (exact) mass is 310 g/mol. The minimum atomic E-state index is -1.32. The maximum absolute atomic E-state index is 11.8. The number of benzene rings is 1. The largest absolute Gasteiger partial charge is 0.508 e. The Balaban J connectivity index is 2.08. The van der Waals surface area contributed by atoms with E-state index in [9.17, 15) is 24.3 Å². The third-order valence-electron chi connectivity index (χ3n) is 2.65. The fourth-order valence-electron chi connectivity index (χ4n) is 1.72. The first-order chi connectivity index (χ1) is 9.86. The zero-order valence-electron chi connectivity index (χ0n) is 10.5. The van der Waals surface area contributed by atoms with Gasteiger partial charge in [0, 0.05) is 6.42 Å². The Morgan fingerprint density at radius 2 is 2.05 bits per heavy atom. The lowest BCUT2D eigenvalue weighted by atomic mass is 10.1. The number of hydrogen-bond acceptors (Lipinski definition) is 6. The second-order valence-corrected chi connectivity index (χ2v) is 5.35. The van der Waals surface area contributed by atoms with Gasteiger partial charge in [0.1, 0.15) is 11.0 Å². The molecular formula is C12H10N2O6S. The quantitative estimate of drug-likeness (QED) is 0.604. The molecule has 2 rings (SSSR count). The highest BCUT2D eigenvalue weighted by Crippen LogP contribution is 2.24. The molecule has 8 nitrogen and oxygen atoms in total. The highest BCUT2D eigenvalue weighted by Gasteiger charge is 2.33. The third-order valence-corrected chi connectivity index (χ3v) is 3.63. The van der Waals surface area contributed by atoms with Crippen molar-refractivity contribution in [1.82, 2.24) is 5.32 Å². The number of phenolic OH excluding ortho intramolecular Hbond substituents is 1. The average molecular weight is 310 g/mol. The number of carboxylic acids is 1. The number of aromatic hydroxyl groups is 1. The molecule has 1 aromatic carbocycles. The molecule has 110 valence electrons. The van der Waals surface area contributed by atoms with Gasteiger partial charge in [-0.3, -0.25) is 19.7 Å². The summed E-state index contributed by atoms with van der Waals surface area (Å²) in [6.07, 6.45) is -0.262. The summed E-state index contributed by atoms with van der Waals surface area (Å²) in [5.41, 5.74) is -0.275. The van der Waals surface area contributed by atoms with Gasteiger partial charge in [0.2, 0.25) is 11.8 Å². The van der Waals surface area contributed by atoms with Crippen LogP contribution in [0.4, 0.5) is 10.5 Å². The number of thioether (sulfide) groups is 1. The predicted octanol–water partition coefficient (Wildman–Crippen LogP) is 0.771. The van der Waals surface area contributed by atoms with E-state index in [1.165, 1.54) is 12.1 Å². The number of rotatable bonds is 4. The molecule has 3 amide bonds. The number of hydrogen-bond donors (Lipinski definition) is 4. The van der Waals surface area contributed by atoms with Crippen LogP contribution in [-0.2, 0) is 9.59 Å². The molecule has 0 spiro atoms. The maximum Gasteiger partial charge on any atom is 0.337 e. The number of carbonyl (C=O) groups is 4. The zero-order chi connectivity index (χ0) is 15.6. The molecule has 0 aliphatic carbocycles. The molecule has 0 bridgehead atoms. The van der Waals surface area contributed by atoms with Crippen molar-refractivity contribution in [2.75, 3.05) is 5.32 Å². The number of carbonyl (C=O) groups excluding carboxylic acids is 3. The summed E-state index contributed by atoms with van der Waals surface area (Å²) in [6.45, 7) is 0. The smallest absolute Gasteiger partial charge is 0.337 e. The lowest BCUT2D eigenvalue weighted by Gasteiger charge is -2.10. The topological polar surface area (TPSA) is 133 Å². The summed E-state index contributed by atoms with van der Waals surface area (Å²) in [7, 11) is 0. The Labute approximate surface area is 122 Å². The van der Waals surface area contributed by atoms with Crippen LogP contribution < -0.4 is 10.6 Å². The van der Waals surface area contributed by atoms with Gasteiger partial charge in [0.05, 0.1) is 11.3 Å². The molecule has 0 unspecified atom stereocenters. The zero-order valence-corrected chi connectivity index (χ0v) is 11.3. The van der Waals surface area contributed by atoms with Crippen molar-refractivity contribution < 1.29 is 29.4 Å². The summed E-state index contributed by atoms with van der Waals surface area (Å²) in [4.78, 5) is 45.1. The van der Waals surface area contributed by atoms with Crippen LogP contribution in [0.1, 0.15) is 16.8 Å². The number of nitrogens with one attached hydrogen (secondary N) is 2. The van der Waals surface area contributed by atoms with E-state index >= 15 is 0 Å². The number of anilines is 1. The number of carboxylic acid groups (broad SMARTS) is 1. The molecule has 1 atom stereocenters. The Morgan fingerprint density at radius 3 is 2.62 bits per heavy atom. The number of phenols is 1. The van der Waals surface area contributed by atoms with Crippen LogP contribution >= 0.6 is 11.8 Å². The average Bonchev–Trinajstić information content (AvgIpc) is 2.69. The Morgan fingerprint density at radius 1 is 1.33 bits per heavy atom.